The SMILES string of the molecule is COc1cc2ncnc(Nc3cccc(Cl)c3F)c2cc1OC1CCC(CN2C(=O)c3ccccc3C2=O)CC1. The number of ether oxygens (including phenoxy) is 2. The largest absolute Gasteiger partial charge is 0.493 e. The van der Waals surface area contributed by atoms with Gasteiger partial charge >= 0.3 is 0 Å². The number of carbonyl (C=O) groups is 2. The number of aromatic nitrogens is 2. The molecule has 1 N–H and O–H groups in total. The van der Waals surface area contributed by atoms with Crippen molar-refractivity contribution < 1.29 is 23.5 Å². The average molecular weight is 561 g/mol. The van der Waals surface area contributed by atoms with Crippen LogP contribution in [0.3, 0.4) is 0 Å². The van der Waals surface area contributed by atoms with Gasteiger partial charge in [0.1, 0.15) is 12.1 Å². The van der Waals surface area contributed by atoms with E-state index in [2.05, 4.69) is 15.3 Å². The summed E-state index contributed by atoms with van der Waals surface area (Å²) in [5.74, 6) is 0.662. The maximum Gasteiger partial charge on any atom is 0.261 e. The molecular formula is C30H26ClFN4O4. The minimum absolute atomic E-state index is 0.00709. The molecule has 0 radical (unpaired) electrons. The van der Waals surface area contributed by atoms with Crippen molar-refractivity contribution in [2.75, 3.05) is 19.0 Å². The van der Waals surface area contributed by atoms with Crippen LogP contribution in [-0.4, -0.2) is 46.4 Å². The molecular weight excluding hydrogens is 535 g/mol. The highest BCUT2D eigenvalue weighted by Crippen LogP contribution is 2.38. The van der Waals surface area contributed by atoms with Crippen molar-refractivity contribution in [1.29, 1.82) is 0 Å². The zero-order valence-corrected chi connectivity index (χ0v) is 22.5. The van der Waals surface area contributed by atoms with E-state index in [0.717, 1.165) is 25.7 Å². The Morgan fingerprint density at radius 3 is 2.40 bits per heavy atom. The molecule has 1 fully saturated rings. The second-order valence-corrected chi connectivity index (χ2v) is 10.4. The Balaban J connectivity index is 1.16. The quantitative estimate of drug-likeness (QED) is 0.261. The Kier molecular flexibility index (Phi) is 6.98. The second-order valence-electron chi connectivity index (χ2n) is 10.00. The van der Waals surface area contributed by atoms with E-state index in [-0.39, 0.29) is 34.5 Å². The number of anilines is 2. The highest BCUT2D eigenvalue weighted by atomic mass is 35.5. The number of carbonyl (C=O) groups excluding carboxylic acids is 2. The third-order valence-electron chi connectivity index (χ3n) is 7.53. The summed E-state index contributed by atoms with van der Waals surface area (Å²) in [7, 11) is 1.56. The second kappa shape index (κ2) is 10.7. The van der Waals surface area contributed by atoms with Gasteiger partial charge in [-0.15, -0.1) is 0 Å². The van der Waals surface area contributed by atoms with Crippen LogP contribution >= 0.6 is 11.6 Å². The molecule has 0 atom stereocenters. The third kappa shape index (κ3) is 4.81. The van der Waals surface area contributed by atoms with Gasteiger partial charge in [0.25, 0.3) is 11.8 Å². The van der Waals surface area contributed by atoms with Gasteiger partial charge in [0, 0.05) is 18.0 Å². The van der Waals surface area contributed by atoms with Crippen LogP contribution in [0.5, 0.6) is 11.5 Å². The molecule has 0 unspecified atom stereocenters. The van der Waals surface area contributed by atoms with E-state index in [9.17, 15) is 14.0 Å². The van der Waals surface area contributed by atoms with E-state index < -0.39 is 5.82 Å². The molecule has 1 aromatic heterocycles. The van der Waals surface area contributed by atoms with Gasteiger partial charge in [-0.1, -0.05) is 29.8 Å². The van der Waals surface area contributed by atoms with Gasteiger partial charge in [-0.2, -0.15) is 0 Å². The van der Waals surface area contributed by atoms with E-state index in [0.29, 0.717) is 45.9 Å². The fourth-order valence-corrected chi connectivity index (χ4v) is 5.59. The fourth-order valence-electron chi connectivity index (χ4n) is 5.42. The Morgan fingerprint density at radius 1 is 0.975 bits per heavy atom. The predicted molar refractivity (Wildman–Crippen MR) is 149 cm³/mol. The molecule has 3 aromatic carbocycles. The van der Waals surface area contributed by atoms with Gasteiger partial charge in [-0.3, -0.25) is 14.5 Å². The van der Waals surface area contributed by atoms with Crippen molar-refractivity contribution in [2.24, 2.45) is 5.92 Å². The number of benzene rings is 3. The van der Waals surface area contributed by atoms with Crippen LogP contribution < -0.4 is 14.8 Å². The molecule has 8 nitrogen and oxygen atoms in total. The first-order valence-electron chi connectivity index (χ1n) is 13.1. The summed E-state index contributed by atoms with van der Waals surface area (Å²) in [6.45, 7) is 0.408. The van der Waals surface area contributed by atoms with E-state index >= 15 is 0 Å². The highest BCUT2D eigenvalue weighted by molar-refractivity contribution is 6.31. The Morgan fingerprint density at radius 2 is 1.70 bits per heavy atom. The van der Waals surface area contributed by atoms with E-state index in [1.165, 1.54) is 17.3 Å². The summed E-state index contributed by atoms with van der Waals surface area (Å²) in [5, 5.41) is 3.65. The number of hydrogen-bond donors (Lipinski definition) is 1. The lowest BCUT2D eigenvalue weighted by Gasteiger charge is -2.31. The lowest BCUT2D eigenvalue weighted by Crippen LogP contribution is -2.37. The molecule has 0 bridgehead atoms. The molecule has 2 aliphatic rings. The van der Waals surface area contributed by atoms with Gasteiger partial charge in [-0.05, 0) is 61.9 Å². The molecule has 1 aliphatic carbocycles. The van der Waals surface area contributed by atoms with Crippen LogP contribution in [0.2, 0.25) is 5.02 Å². The fraction of sp³-hybridized carbons (Fsp3) is 0.267. The maximum atomic E-state index is 14.5. The Labute approximate surface area is 235 Å². The predicted octanol–water partition coefficient (Wildman–Crippen LogP) is 6.41. The number of nitrogens with one attached hydrogen (secondary N) is 1. The van der Waals surface area contributed by atoms with Crippen LogP contribution in [0.4, 0.5) is 15.9 Å². The summed E-state index contributed by atoms with van der Waals surface area (Å²) in [6, 6.07) is 15.2. The van der Waals surface area contributed by atoms with Crippen molar-refractivity contribution in [3.05, 3.63) is 82.9 Å². The van der Waals surface area contributed by atoms with E-state index in [4.69, 9.17) is 21.1 Å². The van der Waals surface area contributed by atoms with Gasteiger partial charge in [0.05, 0.1) is 40.6 Å². The van der Waals surface area contributed by atoms with Crippen molar-refractivity contribution in [3.8, 4) is 11.5 Å². The maximum absolute atomic E-state index is 14.5. The van der Waals surface area contributed by atoms with Gasteiger partial charge in [0.15, 0.2) is 17.3 Å². The number of halogens is 2. The van der Waals surface area contributed by atoms with E-state index in [1.54, 1.807) is 55.6 Å². The zero-order valence-electron chi connectivity index (χ0n) is 21.7. The summed E-state index contributed by atoms with van der Waals surface area (Å²) in [6.07, 6.45) is 4.48. The van der Waals surface area contributed by atoms with Gasteiger partial charge in [0.2, 0.25) is 0 Å². The first-order chi connectivity index (χ1) is 19.4. The first kappa shape index (κ1) is 26.0. The number of imide groups is 1. The minimum atomic E-state index is -0.570. The molecule has 1 aliphatic heterocycles. The van der Waals surface area contributed by atoms with Crippen molar-refractivity contribution >= 4 is 45.8 Å². The molecule has 1 saturated carbocycles. The Hall–Kier alpha value is -4.24. The van der Waals surface area contributed by atoms with Crippen LogP contribution in [-0.2, 0) is 0 Å². The van der Waals surface area contributed by atoms with Crippen LogP contribution in [0.15, 0.2) is 60.9 Å². The van der Waals surface area contributed by atoms with Crippen molar-refractivity contribution in [3.63, 3.8) is 0 Å². The van der Waals surface area contributed by atoms with Gasteiger partial charge in [-0.25, -0.2) is 14.4 Å². The zero-order chi connectivity index (χ0) is 27.8. The van der Waals surface area contributed by atoms with Gasteiger partial charge < -0.3 is 14.8 Å². The molecule has 10 heteroatoms. The van der Waals surface area contributed by atoms with Crippen molar-refractivity contribution in [2.45, 2.75) is 31.8 Å². The van der Waals surface area contributed by atoms with Crippen LogP contribution in [0, 0.1) is 11.7 Å². The summed E-state index contributed by atoms with van der Waals surface area (Å²) < 4.78 is 26.5. The lowest BCUT2D eigenvalue weighted by atomic mass is 9.87. The first-order valence-corrected chi connectivity index (χ1v) is 13.5. The normalized spacial score (nSPS) is 18.6. The minimum Gasteiger partial charge on any atom is -0.493 e. The average Bonchev–Trinajstić information content (AvgIpc) is 3.21. The highest BCUT2D eigenvalue weighted by Gasteiger charge is 2.37. The lowest BCUT2D eigenvalue weighted by molar-refractivity contribution is 0.0588. The number of fused-ring (bicyclic) bond motifs is 2. The molecule has 2 heterocycles. The molecule has 0 saturated heterocycles. The Bertz CT molecular complexity index is 1590. The monoisotopic (exact) mass is 560 g/mol. The summed E-state index contributed by atoms with van der Waals surface area (Å²) in [4.78, 5) is 35.6. The number of hydrogen-bond acceptors (Lipinski definition) is 7. The van der Waals surface area contributed by atoms with Crippen LogP contribution in [0.1, 0.15) is 46.4 Å². The number of rotatable bonds is 7. The molecule has 2 amide bonds. The van der Waals surface area contributed by atoms with E-state index in [1.807, 2.05) is 0 Å². The molecule has 204 valence electrons. The third-order valence-corrected chi connectivity index (χ3v) is 7.82. The topological polar surface area (TPSA) is 93.7 Å². The van der Waals surface area contributed by atoms with Crippen molar-refractivity contribution in [1.82, 2.24) is 14.9 Å². The molecule has 40 heavy (non-hydrogen) atoms. The number of nitrogens with zero attached hydrogens (tertiary/aromatic N) is 3. The standard InChI is InChI=1S/C30H26ClFN4O4/c1-39-25-14-24-21(28(34-16-33-24)35-23-8-4-7-22(31)27(23)32)13-26(25)40-18-11-9-17(10-12-18)15-36-29(37)19-5-2-3-6-20(19)30(36)38/h2-8,13-14,16-18H,9-12,15H2,1H3,(H,33,34,35). The smallest absolute Gasteiger partial charge is 0.261 e. The molecule has 4 aromatic rings. The number of methoxy groups -OCH3 is 1. The molecule has 0 spiro atoms. The summed E-state index contributed by atoms with van der Waals surface area (Å²) >= 11 is 5.94. The molecule has 6 rings (SSSR count). The summed E-state index contributed by atoms with van der Waals surface area (Å²) in [5.41, 5.74) is 1.75. The van der Waals surface area contributed by atoms with Crippen LogP contribution in [0.25, 0.3) is 10.9 Å². The number of amides is 2.